The van der Waals surface area contributed by atoms with E-state index in [1.54, 1.807) is 14.0 Å². The van der Waals surface area contributed by atoms with Crippen molar-refractivity contribution in [3.8, 4) is 0 Å². The quantitative estimate of drug-likeness (QED) is 0.797. The molecule has 2 aliphatic rings. The van der Waals surface area contributed by atoms with Crippen LogP contribution < -0.4 is 11.2 Å². The molecule has 6 atom stereocenters. The van der Waals surface area contributed by atoms with Gasteiger partial charge in [-0.05, 0) is 32.6 Å². The van der Waals surface area contributed by atoms with Gasteiger partial charge in [-0.3, -0.25) is 14.3 Å². The van der Waals surface area contributed by atoms with Crippen molar-refractivity contribution in [3.05, 3.63) is 32.6 Å². The molecule has 25 heavy (non-hydrogen) atoms. The fraction of sp³-hybridized carbons (Fsp3) is 0.765. The van der Waals surface area contributed by atoms with Crippen LogP contribution in [-0.2, 0) is 14.2 Å². The zero-order chi connectivity index (χ0) is 18.1. The standard InChI is InChI=1S/C17H26N2O6/c1-4-10-13(20)14(24-12-7-5-6-11(12)23-3)16(25-10)19-8-9(2)15(21)18-17(19)22/h8,10-14,16,20H,4-7H2,1-3H3,(H,18,21,22)/t10?,11?,12-,13?,14?,16?/m0/s1. The van der Waals surface area contributed by atoms with E-state index in [0.29, 0.717) is 12.0 Å². The predicted octanol–water partition coefficient (Wildman–Crippen LogP) is 0.466. The first-order chi connectivity index (χ1) is 12.0. The number of aromatic amines is 1. The van der Waals surface area contributed by atoms with Gasteiger partial charge in [0.05, 0.1) is 18.3 Å². The SMILES string of the molecule is CCC1OC(n2cc(C)c(=O)[nH]c2=O)C(O[C@H]2CCCC2OC)C1O. The van der Waals surface area contributed by atoms with Crippen molar-refractivity contribution < 1.29 is 19.3 Å². The average Bonchev–Trinajstić information content (AvgIpc) is 3.16. The molecular weight excluding hydrogens is 328 g/mol. The maximum atomic E-state index is 12.2. The van der Waals surface area contributed by atoms with Gasteiger partial charge in [0.15, 0.2) is 6.23 Å². The largest absolute Gasteiger partial charge is 0.388 e. The van der Waals surface area contributed by atoms with Gasteiger partial charge in [-0.2, -0.15) is 0 Å². The summed E-state index contributed by atoms with van der Waals surface area (Å²) in [7, 11) is 1.65. The number of rotatable bonds is 5. The molecule has 2 N–H and O–H groups in total. The minimum atomic E-state index is -0.854. The maximum Gasteiger partial charge on any atom is 0.330 e. The molecule has 0 radical (unpaired) electrons. The van der Waals surface area contributed by atoms with Gasteiger partial charge in [-0.15, -0.1) is 0 Å². The lowest BCUT2D eigenvalue weighted by Gasteiger charge is -2.28. The van der Waals surface area contributed by atoms with Crippen molar-refractivity contribution in [2.45, 2.75) is 76.3 Å². The van der Waals surface area contributed by atoms with Crippen molar-refractivity contribution in [1.29, 1.82) is 0 Å². The van der Waals surface area contributed by atoms with E-state index in [4.69, 9.17) is 14.2 Å². The van der Waals surface area contributed by atoms with Crippen LogP contribution in [0.5, 0.6) is 0 Å². The van der Waals surface area contributed by atoms with E-state index in [0.717, 1.165) is 19.3 Å². The normalized spacial score (nSPS) is 35.4. The molecule has 8 nitrogen and oxygen atoms in total. The van der Waals surface area contributed by atoms with Gasteiger partial charge < -0.3 is 19.3 Å². The monoisotopic (exact) mass is 354 g/mol. The summed E-state index contributed by atoms with van der Waals surface area (Å²) in [4.78, 5) is 26.2. The number of aromatic nitrogens is 2. The lowest BCUT2D eigenvalue weighted by molar-refractivity contribution is -0.130. The van der Waals surface area contributed by atoms with Gasteiger partial charge in [0.1, 0.15) is 12.2 Å². The lowest BCUT2D eigenvalue weighted by atomic mass is 10.1. The Morgan fingerprint density at radius 3 is 2.76 bits per heavy atom. The first-order valence-corrected chi connectivity index (χ1v) is 8.80. The third-order valence-electron chi connectivity index (χ3n) is 5.16. The van der Waals surface area contributed by atoms with E-state index >= 15 is 0 Å². The van der Waals surface area contributed by atoms with Crippen LogP contribution in [0.4, 0.5) is 0 Å². The second kappa shape index (κ2) is 7.41. The van der Waals surface area contributed by atoms with Crippen LogP contribution in [0.1, 0.15) is 44.4 Å². The van der Waals surface area contributed by atoms with Crippen LogP contribution >= 0.6 is 0 Å². The summed E-state index contributed by atoms with van der Waals surface area (Å²) in [6, 6.07) is 0. The molecule has 1 aromatic rings. The average molecular weight is 354 g/mol. The fourth-order valence-corrected chi connectivity index (χ4v) is 3.72. The molecule has 8 heteroatoms. The zero-order valence-corrected chi connectivity index (χ0v) is 14.8. The van der Waals surface area contributed by atoms with Crippen LogP contribution in [0.3, 0.4) is 0 Å². The molecule has 0 amide bonds. The maximum absolute atomic E-state index is 12.2. The number of nitrogens with zero attached hydrogens (tertiary/aromatic N) is 1. The van der Waals surface area contributed by atoms with Crippen molar-refractivity contribution in [1.82, 2.24) is 9.55 Å². The second-order valence-electron chi connectivity index (χ2n) is 6.79. The number of H-pyrrole nitrogens is 1. The zero-order valence-electron chi connectivity index (χ0n) is 14.8. The molecular formula is C17H26N2O6. The molecule has 0 aromatic carbocycles. The van der Waals surface area contributed by atoms with E-state index in [1.165, 1.54) is 10.8 Å². The molecule has 2 heterocycles. The molecule has 1 saturated heterocycles. The number of hydrogen-bond acceptors (Lipinski definition) is 6. The van der Waals surface area contributed by atoms with Gasteiger partial charge in [0, 0.05) is 18.9 Å². The number of ether oxygens (including phenoxy) is 3. The number of aliphatic hydroxyl groups is 1. The Balaban J connectivity index is 1.91. The van der Waals surface area contributed by atoms with Gasteiger partial charge in [-0.1, -0.05) is 6.92 Å². The molecule has 1 aliphatic heterocycles. The van der Waals surface area contributed by atoms with Crippen LogP contribution in [-0.4, -0.2) is 52.3 Å². The summed E-state index contributed by atoms with van der Waals surface area (Å²) in [6.07, 6.45) is 1.83. The summed E-state index contributed by atoms with van der Waals surface area (Å²) < 4.78 is 18.8. The highest BCUT2D eigenvalue weighted by Gasteiger charge is 2.47. The molecule has 2 fully saturated rings. The Morgan fingerprint density at radius 2 is 2.08 bits per heavy atom. The van der Waals surface area contributed by atoms with Gasteiger partial charge in [-0.25, -0.2) is 4.79 Å². The highest BCUT2D eigenvalue weighted by atomic mass is 16.6. The number of methoxy groups -OCH3 is 1. The first kappa shape index (κ1) is 18.3. The Hall–Kier alpha value is -1.48. The smallest absolute Gasteiger partial charge is 0.330 e. The van der Waals surface area contributed by atoms with E-state index in [2.05, 4.69) is 4.98 Å². The van der Waals surface area contributed by atoms with Gasteiger partial charge in [0.25, 0.3) is 5.56 Å². The molecule has 3 rings (SSSR count). The topological polar surface area (TPSA) is 103 Å². The predicted molar refractivity (Wildman–Crippen MR) is 89.6 cm³/mol. The van der Waals surface area contributed by atoms with E-state index in [9.17, 15) is 14.7 Å². The minimum absolute atomic E-state index is 0.0254. The van der Waals surface area contributed by atoms with Crippen molar-refractivity contribution in [2.24, 2.45) is 0 Å². The summed E-state index contributed by atoms with van der Waals surface area (Å²) in [6.45, 7) is 3.52. The Kier molecular flexibility index (Phi) is 5.43. The highest BCUT2D eigenvalue weighted by molar-refractivity contribution is 5.03. The van der Waals surface area contributed by atoms with Crippen LogP contribution in [0.25, 0.3) is 0 Å². The fourth-order valence-electron chi connectivity index (χ4n) is 3.72. The van der Waals surface area contributed by atoms with Crippen LogP contribution in [0.15, 0.2) is 15.8 Å². The summed E-state index contributed by atoms with van der Waals surface area (Å²) in [5.74, 6) is 0. The molecule has 140 valence electrons. The van der Waals surface area contributed by atoms with Crippen molar-refractivity contribution >= 4 is 0 Å². The van der Waals surface area contributed by atoms with Crippen LogP contribution in [0, 0.1) is 6.92 Å². The highest BCUT2D eigenvalue weighted by Crippen LogP contribution is 2.36. The Labute approximate surface area is 145 Å². The number of nitrogens with one attached hydrogen (secondary N) is 1. The molecule has 1 saturated carbocycles. The van der Waals surface area contributed by atoms with E-state index in [1.807, 2.05) is 6.92 Å². The minimum Gasteiger partial charge on any atom is -0.388 e. The number of aliphatic hydroxyl groups excluding tert-OH is 1. The molecule has 0 spiro atoms. The Morgan fingerprint density at radius 1 is 1.36 bits per heavy atom. The van der Waals surface area contributed by atoms with Gasteiger partial charge >= 0.3 is 5.69 Å². The molecule has 1 aromatic heterocycles. The van der Waals surface area contributed by atoms with Gasteiger partial charge in [0.2, 0.25) is 0 Å². The number of hydrogen-bond donors (Lipinski definition) is 2. The van der Waals surface area contributed by atoms with E-state index < -0.39 is 35.8 Å². The Bertz CT molecular complexity index is 714. The third kappa shape index (κ3) is 3.44. The van der Waals surface area contributed by atoms with Crippen molar-refractivity contribution in [2.75, 3.05) is 7.11 Å². The summed E-state index contributed by atoms with van der Waals surface area (Å²) in [5, 5.41) is 10.6. The first-order valence-electron chi connectivity index (χ1n) is 8.80. The summed E-state index contributed by atoms with van der Waals surface area (Å²) >= 11 is 0. The third-order valence-corrected chi connectivity index (χ3v) is 5.16. The second-order valence-corrected chi connectivity index (χ2v) is 6.79. The molecule has 0 bridgehead atoms. The summed E-state index contributed by atoms with van der Waals surface area (Å²) in [5.41, 5.74) is -0.612. The van der Waals surface area contributed by atoms with Crippen LogP contribution in [0.2, 0.25) is 0 Å². The molecule has 1 aliphatic carbocycles. The number of aryl methyl sites for hydroxylation is 1. The molecule has 5 unspecified atom stereocenters. The van der Waals surface area contributed by atoms with E-state index in [-0.39, 0.29) is 12.2 Å². The lowest BCUT2D eigenvalue weighted by Crippen LogP contribution is -2.42. The van der Waals surface area contributed by atoms with Crippen molar-refractivity contribution in [3.63, 3.8) is 0 Å².